The van der Waals surface area contributed by atoms with Gasteiger partial charge in [0.15, 0.2) is 0 Å². The van der Waals surface area contributed by atoms with Gasteiger partial charge in [-0.05, 0) is 27.7 Å². The van der Waals surface area contributed by atoms with E-state index in [2.05, 4.69) is 15.3 Å². The fourth-order valence-electron chi connectivity index (χ4n) is 1.70. The van der Waals surface area contributed by atoms with Crippen LogP contribution in [0.25, 0.3) is 0 Å². The van der Waals surface area contributed by atoms with Crippen LogP contribution >= 0.6 is 0 Å². The van der Waals surface area contributed by atoms with Gasteiger partial charge in [-0.25, -0.2) is 14.8 Å². The van der Waals surface area contributed by atoms with Crippen LogP contribution in [0.5, 0.6) is 0 Å². The number of anilines is 1. The van der Waals surface area contributed by atoms with Gasteiger partial charge in [0.1, 0.15) is 5.60 Å². The van der Waals surface area contributed by atoms with E-state index < -0.39 is 11.7 Å². The summed E-state index contributed by atoms with van der Waals surface area (Å²) in [7, 11) is 3.52. The highest BCUT2D eigenvalue weighted by atomic mass is 16.6. The summed E-state index contributed by atoms with van der Waals surface area (Å²) in [6.07, 6.45) is 1.34. The number of hydrogen-bond acceptors (Lipinski definition) is 6. The van der Waals surface area contributed by atoms with E-state index in [1.165, 1.54) is 0 Å². The first kappa shape index (κ1) is 18.2. The smallest absolute Gasteiger partial charge is 0.407 e. The summed E-state index contributed by atoms with van der Waals surface area (Å²) in [6, 6.07) is 0. The molecule has 0 bridgehead atoms. The van der Waals surface area contributed by atoms with Crippen molar-refractivity contribution in [1.29, 1.82) is 0 Å². The van der Waals surface area contributed by atoms with Gasteiger partial charge in [0.05, 0.1) is 6.61 Å². The number of aromatic nitrogens is 2. The molecule has 0 fully saturated rings. The average molecular weight is 310 g/mol. The molecule has 1 aromatic rings. The van der Waals surface area contributed by atoms with Gasteiger partial charge in [-0.1, -0.05) is 0 Å². The van der Waals surface area contributed by atoms with Crippen LogP contribution < -0.4 is 10.2 Å². The van der Waals surface area contributed by atoms with Crippen LogP contribution in [0.1, 0.15) is 32.0 Å². The molecule has 0 spiro atoms. The number of nitrogens with zero attached hydrogens (tertiary/aromatic N) is 3. The van der Waals surface area contributed by atoms with E-state index in [1.807, 2.05) is 39.6 Å². The topological polar surface area (TPSA) is 76.6 Å². The largest absolute Gasteiger partial charge is 0.444 e. The first-order valence-corrected chi connectivity index (χ1v) is 7.22. The molecule has 22 heavy (non-hydrogen) atoms. The molecule has 7 nitrogen and oxygen atoms in total. The minimum atomic E-state index is -0.493. The number of alkyl carbamates (subject to hydrolysis) is 1. The molecule has 1 rings (SSSR count). The Morgan fingerprint density at radius 1 is 1.41 bits per heavy atom. The zero-order chi connectivity index (χ0) is 16.8. The Hall–Kier alpha value is -1.89. The van der Waals surface area contributed by atoms with Gasteiger partial charge in [-0.2, -0.15) is 0 Å². The predicted molar refractivity (Wildman–Crippen MR) is 85.0 cm³/mol. The van der Waals surface area contributed by atoms with E-state index in [1.54, 1.807) is 13.3 Å². The molecule has 0 aliphatic carbocycles. The standard InChI is InChI=1S/C15H26N4O3/c1-11-12(10-21-6)9-17-13(18-11)19(5)8-7-16-14(20)22-15(2,3)4/h9H,7-8,10H2,1-6H3,(H,16,20). The third-order valence-electron chi connectivity index (χ3n) is 2.82. The van der Waals surface area contributed by atoms with Crippen LogP contribution in [-0.2, 0) is 16.1 Å². The molecule has 0 saturated heterocycles. The summed E-state index contributed by atoms with van der Waals surface area (Å²) in [4.78, 5) is 22.2. The van der Waals surface area contributed by atoms with Crippen molar-refractivity contribution in [3.8, 4) is 0 Å². The zero-order valence-corrected chi connectivity index (χ0v) is 14.3. The quantitative estimate of drug-likeness (QED) is 0.864. The summed E-state index contributed by atoms with van der Waals surface area (Å²) < 4.78 is 10.3. The molecule has 1 N–H and O–H groups in total. The van der Waals surface area contributed by atoms with Gasteiger partial charge in [0, 0.05) is 44.7 Å². The van der Waals surface area contributed by atoms with Crippen molar-refractivity contribution >= 4 is 12.0 Å². The molecular formula is C15H26N4O3. The Bertz CT molecular complexity index is 500. The number of carbonyl (C=O) groups is 1. The maximum Gasteiger partial charge on any atom is 0.407 e. The summed E-state index contributed by atoms with van der Waals surface area (Å²) in [6.45, 7) is 8.95. The fraction of sp³-hybridized carbons (Fsp3) is 0.667. The normalized spacial score (nSPS) is 11.2. The van der Waals surface area contributed by atoms with Crippen molar-refractivity contribution in [2.45, 2.75) is 39.9 Å². The molecule has 0 aliphatic heterocycles. The lowest BCUT2D eigenvalue weighted by molar-refractivity contribution is 0.0529. The summed E-state index contributed by atoms with van der Waals surface area (Å²) in [5.74, 6) is 0.614. The Morgan fingerprint density at radius 3 is 2.64 bits per heavy atom. The average Bonchev–Trinajstić information content (AvgIpc) is 2.39. The first-order chi connectivity index (χ1) is 10.2. The number of carbonyl (C=O) groups excluding carboxylic acids is 1. The van der Waals surface area contributed by atoms with Crippen molar-refractivity contribution in [3.05, 3.63) is 17.5 Å². The molecule has 0 aliphatic rings. The number of aryl methyl sites for hydroxylation is 1. The highest BCUT2D eigenvalue weighted by Crippen LogP contribution is 2.10. The van der Waals surface area contributed by atoms with E-state index in [0.29, 0.717) is 25.6 Å². The number of ether oxygens (including phenoxy) is 2. The maximum absolute atomic E-state index is 11.6. The summed E-state index contributed by atoms with van der Waals surface area (Å²) in [5.41, 5.74) is 1.36. The van der Waals surface area contributed by atoms with Crippen LogP contribution in [0, 0.1) is 6.92 Å². The van der Waals surface area contributed by atoms with E-state index in [-0.39, 0.29) is 0 Å². The lowest BCUT2D eigenvalue weighted by Crippen LogP contribution is -2.37. The third kappa shape index (κ3) is 6.26. The Morgan fingerprint density at radius 2 is 2.09 bits per heavy atom. The molecule has 1 aromatic heterocycles. The Balaban J connectivity index is 2.47. The number of hydrogen-bond donors (Lipinski definition) is 1. The van der Waals surface area contributed by atoms with Crippen molar-refractivity contribution < 1.29 is 14.3 Å². The molecule has 0 atom stereocenters. The lowest BCUT2D eigenvalue weighted by Gasteiger charge is -2.21. The van der Waals surface area contributed by atoms with Gasteiger partial charge < -0.3 is 19.7 Å². The number of rotatable bonds is 6. The van der Waals surface area contributed by atoms with Crippen LogP contribution in [0.4, 0.5) is 10.7 Å². The number of methoxy groups -OCH3 is 1. The molecule has 1 amide bonds. The Labute approximate surface area is 132 Å². The minimum absolute atomic E-state index is 0.423. The van der Waals surface area contributed by atoms with Crippen molar-refractivity contribution in [2.75, 3.05) is 32.1 Å². The van der Waals surface area contributed by atoms with Gasteiger partial charge in [0.2, 0.25) is 5.95 Å². The Kier molecular flexibility index (Phi) is 6.55. The number of nitrogens with one attached hydrogen (secondary N) is 1. The van der Waals surface area contributed by atoms with E-state index in [4.69, 9.17) is 9.47 Å². The molecule has 0 unspecified atom stereocenters. The van der Waals surface area contributed by atoms with Gasteiger partial charge in [-0.3, -0.25) is 0 Å². The SMILES string of the molecule is COCc1cnc(N(C)CCNC(=O)OC(C)(C)C)nc1C. The fourth-order valence-corrected chi connectivity index (χ4v) is 1.70. The second-order valence-electron chi connectivity index (χ2n) is 6.06. The van der Waals surface area contributed by atoms with Crippen LogP contribution in [-0.4, -0.2) is 48.9 Å². The highest BCUT2D eigenvalue weighted by molar-refractivity contribution is 5.67. The van der Waals surface area contributed by atoms with Gasteiger partial charge >= 0.3 is 6.09 Å². The van der Waals surface area contributed by atoms with Crippen LogP contribution in [0.3, 0.4) is 0 Å². The molecule has 0 aromatic carbocycles. The maximum atomic E-state index is 11.6. The second kappa shape index (κ2) is 7.93. The highest BCUT2D eigenvalue weighted by Gasteiger charge is 2.16. The van der Waals surface area contributed by atoms with Crippen LogP contribution in [0.15, 0.2) is 6.20 Å². The third-order valence-corrected chi connectivity index (χ3v) is 2.82. The predicted octanol–water partition coefficient (Wildman–Crippen LogP) is 1.89. The zero-order valence-electron chi connectivity index (χ0n) is 14.3. The lowest BCUT2D eigenvalue weighted by atomic mass is 10.2. The molecular weight excluding hydrogens is 284 g/mol. The van der Waals surface area contributed by atoms with Crippen LogP contribution in [0.2, 0.25) is 0 Å². The van der Waals surface area contributed by atoms with Crippen molar-refractivity contribution in [2.24, 2.45) is 0 Å². The van der Waals surface area contributed by atoms with Crippen molar-refractivity contribution in [1.82, 2.24) is 15.3 Å². The van der Waals surface area contributed by atoms with E-state index in [0.717, 1.165) is 11.3 Å². The number of likely N-dealkylation sites (N-methyl/N-ethyl adjacent to an activating group) is 1. The molecule has 1 heterocycles. The van der Waals surface area contributed by atoms with Gasteiger partial charge in [-0.15, -0.1) is 0 Å². The monoisotopic (exact) mass is 310 g/mol. The van der Waals surface area contributed by atoms with E-state index in [9.17, 15) is 4.79 Å². The molecule has 124 valence electrons. The first-order valence-electron chi connectivity index (χ1n) is 7.22. The van der Waals surface area contributed by atoms with Crippen molar-refractivity contribution in [3.63, 3.8) is 0 Å². The molecule has 0 radical (unpaired) electrons. The summed E-state index contributed by atoms with van der Waals surface area (Å²) in [5, 5.41) is 2.71. The van der Waals surface area contributed by atoms with E-state index >= 15 is 0 Å². The minimum Gasteiger partial charge on any atom is -0.444 e. The number of amides is 1. The molecule has 7 heteroatoms. The van der Waals surface area contributed by atoms with Gasteiger partial charge in [0.25, 0.3) is 0 Å². The summed E-state index contributed by atoms with van der Waals surface area (Å²) >= 11 is 0. The molecule has 0 saturated carbocycles. The second-order valence-corrected chi connectivity index (χ2v) is 6.06.